The van der Waals surface area contributed by atoms with Gasteiger partial charge in [0.2, 0.25) is 0 Å². The average molecular weight is 673 g/mol. The Morgan fingerprint density at radius 2 is 1.59 bits per heavy atom. The van der Waals surface area contributed by atoms with Gasteiger partial charge in [0.05, 0.1) is 30.2 Å². The molecule has 0 fully saturated rings. The van der Waals surface area contributed by atoms with Crippen LogP contribution < -0.4 is 17.0 Å². The van der Waals surface area contributed by atoms with Gasteiger partial charge in [-0.3, -0.25) is 16.2 Å². The molecule has 8 nitrogen and oxygen atoms in total. The van der Waals surface area contributed by atoms with E-state index in [0.29, 0.717) is 10.0 Å². The summed E-state index contributed by atoms with van der Waals surface area (Å²) in [5, 5.41) is 11.6. The summed E-state index contributed by atoms with van der Waals surface area (Å²) in [5.74, 6) is -1.04. The smallest absolute Gasteiger partial charge is 1.00 e. The van der Waals surface area contributed by atoms with E-state index < -0.39 is 10.9 Å². The van der Waals surface area contributed by atoms with E-state index in [4.69, 9.17) is 11.3 Å². The van der Waals surface area contributed by atoms with Gasteiger partial charge in [0.1, 0.15) is 5.56 Å². The van der Waals surface area contributed by atoms with E-state index in [1.165, 1.54) is 32.4 Å². The molecule has 1 N–H and O–H groups in total. The quantitative estimate of drug-likeness (QED) is 0.151. The molecule has 0 atom stereocenters. The van der Waals surface area contributed by atoms with Crippen LogP contribution in [0.2, 0.25) is 0 Å². The molecule has 0 aliphatic carbocycles. The zero-order valence-electron chi connectivity index (χ0n) is 18.9. The van der Waals surface area contributed by atoms with Crippen LogP contribution in [0.25, 0.3) is 10.9 Å². The maximum absolute atomic E-state index is 11.5. The minimum Gasteiger partial charge on any atom is -1.00 e. The molecule has 0 saturated heterocycles. The first-order valence-corrected chi connectivity index (χ1v) is 10.6. The third-order valence-corrected chi connectivity index (χ3v) is 5.10. The number of nitro groups is 1. The monoisotopic (exact) mass is 670 g/mol. The van der Waals surface area contributed by atoms with E-state index in [1.807, 2.05) is 19.2 Å². The minimum absolute atomic E-state index is 0. The Morgan fingerprint density at radius 3 is 2.09 bits per heavy atom. The van der Waals surface area contributed by atoms with Crippen molar-refractivity contribution in [3.8, 4) is 0 Å². The van der Waals surface area contributed by atoms with Crippen LogP contribution in [-0.2, 0) is 9.47 Å². The van der Waals surface area contributed by atoms with E-state index in [0.717, 1.165) is 20.9 Å². The number of allylic oxidation sites excluding steroid dienone is 1. The number of aryl methyl sites for hydroxylation is 1. The van der Waals surface area contributed by atoms with Crippen LogP contribution in [0.1, 0.15) is 33.2 Å². The summed E-state index contributed by atoms with van der Waals surface area (Å²) >= 11 is 6.54. The number of hydrogen-bond acceptors (Lipinski definition) is 6. The van der Waals surface area contributed by atoms with Crippen LogP contribution in [0, 0.1) is 23.6 Å². The number of carbonyl (C=O) groups excluding carboxylic acids is 2. The number of hydrogen-bond donors (Lipinski definition) is 1. The van der Waals surface area contributed by atoms with Gasteiger partial charge in [-0.1, -0.05) is 38.8 Å². The van der Waals surface area contributed by atoms with Gasteiger partial charge >= 0.3 is 35.0 Å². The van der Waals surface area contributed by atoms with Crippen molar-refractivity contribution in [1.29, 1.82) is 0 Å². The molecule has 0 aliphatic heterocycles. The molecular weight excluding hydrogens is 652 g/mol. The van der Waals surface area contributed by atoms with Crippen LogP contribution in [0.15, 0.2) is 51.6 Å². The number of rotatable bonds is 3. The van der Waals surface area contributed by atoms with E-state index >= 15 is 0 Å². The molecule has 2 aromatic carbocycles. The molecule has 0 aliphatic rings. The largest absolute Gasteiger partial charge is 2.00 e. The van der Waals surface area contributed by atoms with E-state index in [1.54, 1.807) is 19.1 Å². The fraction of sp³-hybridized carbons (Fsp3) is 0.182. The number of aromatic amines is 1. The maximum atomic E-state index is 11.5. The first-order valence-electron chi connectivity index (χ1n) is 8.99. The van der Waals surface area contributed by atoms with Gasteiger partial charge in [0, 0.05) is 26.6 Å². The molecule has 0 spiro atoms. The van der Waals surface area contributed by atoms with E-state index in [9.17, 15) is 19.7 Å². The van der Waals surface area contributed by atoms with Crippen LogP contribution in [0.4, 0.5) is 5.69 Å². The molecule has 0 bridgehead atoms. The number of nitrogens with zero attached hydrogens (tertiary/aromatic N) is 1. The van der Waals surface area contributed by atoms with Crippen LogP contribution in [0.3, 0.4) is 0 Å². The van der Waals surface area contributed by atoms with Gasteiger partial charge in [0.15, 0.2) is 0 Å². The van der Waals surface area contributed by atoms with Crippen molar-refractivity contribution in [2.24, 2.45) is 0 Å². The minimum atomic E-state index is -0.718. The van der Waals surface area contributed by atoms with Crippen molar-refractivity contribution >= 4 is 83.4 Å². The van der Waals surface area contributed by atoms with Crippen molar-refractivity contribution in [3.63, 3.8) is 0 Å². The summed E-state index contributed by atoms with van der Waals surface area (Å²) in [6.07, 6.45) is 3.38. The zero-order chi connectivity index (χ0) is 24.4. The van der Waals surface area contributed by atoms with Gasteiger partial charge < -0.3 is 38.0 Å². The third kappa shape index (κ3) is 9.14. The number of fused-ring (bicyclic) bond motifs is 1. The van der Waals surface area contributed by atoms with Crippen LogP contribution >= 0.6 is 31.9 Å². The van der Waals surface area contributed by atoms with Crippen molar-refractivity contribution in [3.05, 3.63) is 84.9 Å². The molecule has 1 heterocycles. The number of esters is 2. The number of aromatic nitrogens is 1. The molecule has 0 radical (unpaired) electrons. The van der Waals surface area contributed by atoms with Gasteiger partial charge in [0.25, 0.3) is 5.69 Å². The second-order valence-electron chi connectivity index (χ2n) is 6.05. The number of carbonyl (C=O) groups is 2. The van der Waals surface area contributed by atoms with Gasteiger partial charge in [-0.2, -0.15) is 0 Å². The van der Waals surface area contributed by atoms with E-state index in [-0.39, 0.29) is 57.3 Å². The van der Waals surface area contributed by atoms with E-state index in [2.05, 4.69) is 41.6 Å². The van der Waals surface area contributed by atoms with Crippen molar-refractivity contribution < 1.29 is 41.0 Å². The predicted octanol–water partition coefficient (Wildman–Crippen LogP) is 2.79. The fourth-order valence-corrected chi connectivity index (χ4v) is 3.58. The Balaban J connectivity index is 0. The molecule has 0 amide bonds. The molecule has 3 aromatic rings. The first kappa shape index (κ1) is 34.4. The van der Waals surface area contributed by atoms with Crippen molar-refractivity contribution in [2.75, 3.05) is 14.2 Å². The summed E-state index contributed by atoms with van der Waals surface area (Å²) in [6.45, 7) is 8.49. The SMILES string of the molecule is COC(=O)c1ccc(Br)c2c(C)c[nH]c12.COC(=O)c1ccc(Br)cc1[N+](=O)[O-].[Br-].[CH-]=CC.[Mg+2]. The fourth-order valence-electron chi connectivity index (χ4n) is 2.58. The summed E-state index contributed by atoms with van der Waals surface area (Å²) < 4.78 is 10.6. The normalized spacial score (nSPS) is 9.00. The first-order chi connectivity index (χ1) is 15.1. The zero-order valence-corrected chi connectivity index (χ0v) is 25.0. The number of methoxy groups -OCH3 is 2. The van der Waals surface area contributed by atoms with Gasteiger partial charge in [-0.25, -0.2) is 9.59 Å². The summed E-state index contributed by atoms with van der Waals surface area (Å²) in [5.41, 5.74) is 2.15. The summed E-state index contributed by atoms with van der Waals surface area (Å²) in [4.78, 5) is 35.6. The van der Waals surface area contributed by atoms with Crippen LogP contribution in [-0.4, -0.2) is 59.1 Å². The standard InChI is InChI=1S/C11H10BrNO2.C8H6BrNO4.C3H5.BrH.Mg/c1-6-5-13-10-7(11(14)15-2)3-4-8(12)9(6)10;1-14-8(11)6-3-2-5(9)4-7(6)10(12)13;1-3-2;;/h3-5,13H,1-2H3;2-4H,1H3;1,3H,2H3;1H;/q;;-1;;+2/p-1. The number of benzene rings is 2. The number of nitro benzene ring substituents is 1. The predicted molar refractivity (Wildman–Crippen MR) is 135 cm³/mol. The molecule has 0 saturated carbocycles. The molecule has 12 heteroatoms. The van der Waals surface area contributed by atoms with Gasteiger partial charge in [-0.05, 0) is 36.8 Å². The molecular formula is C22H21Br3MgN2O6. The number of H-pyrrole nitrogens is 1. The Morgan fingerprint density at radius 1 is 1.09 bits per heavy atom. The second kappa shape index (κ2) is 16.8. The molecule has 3 rings (SSSR count). The maximum Gasteiger partial charge on any atom is 2.00 e. The number of halogens is 3. The Bertz CT molecular complexity index is 1150. The number of ether oxygens (including phenoxy) is 2. The second-order valence-corrected chi connectivity index (χ2v) is 7.82. The number of nitrogens with one attached hydrogen (secondary N) is 1. The molecule has 178 valence electrons. The average Bonchev–Trinajstić information content (AvgIpc) is 3.16. The Hall–Kier alpha value is -1.73. The third-order valence-electron chi connectivity index (χ3n) is 3.95. The summed E-state index contributed by atoms with van der Waals surface area (Å²) in [6, 6.07) is 7.74. The Labute approximate surface area is 240 Å². The van der Waals surface area contributed by atoms with Crippen LogP contribution in [0.5, 0.6) is 0 Å². The summed E-state index contributed by atoms with van der Waals surface area (Å²) in [7, 11) is 2.56. The molecule has 1 aromatic heterocycles. The topological polar surface area (TPSA) is 112 Å². The molecule has 0 unspecified atom stereocenters. The van der Waals surface area contributed by atoms with Crippen molar-refractivity contribution in [1.82, 2.24) is 4.98 Å². The Kier molecular flexibility index (Phi) is 17.0. The van der Waals surface area contributed by atoms with Gasteiger partial charge in [-0.15, -0.1) is 0 Å². The van der Waals surface area contributed by atoms with Crippen molar-refractivity contribution in [2.45, 2.75) is 13.8 Å². The molecule has 34 heavy (non-hydrogen) atoms.